The number of hydrogen-bond donors (Lipinski definition) is 2. The molecule has 1 aromatic rings. The number of pyridine rings is 1. The quantitative estimate of drug-likeness (QED) is 0.335. The molecule has 0 amide bonds. The van der Waals surface area contributed by atoms with E-state index in [1.807, 2.05) is 6.20 Å². The average Bonchev–Trinajstić information content (AvgIpc) is 2.73. The summed E-state index contributed by atoms with van der Waals surface area (Å²) in [5.74, 6) is 3.71. The third-order valence-corrected chi connectivity index (χ3v) is 6.46. The number of rotatable bonds is 6. The standard InChI is InChI=1S/C23H40N6.HI/c1-5-24-23(27-21-8-6-20(7-9-21)18(2)3)26-17-19-10-11-25-22(16-19)29-14-12-28(4)13-15-29;/h10-11,16,18,20-21H,5-9,12-15,17H2,1-4H3,(H2,24,26,27);1H. The van der Waals surface area contributed by atoms with Gasteiger partial charge in [-0.15, -0.1) is 24.0 Å². The lowest BCUT2D eigenvalue weighted by Crippen LogP contribution is -2.45. The van der Waals surface area contributed by atoms with Crippen LogP contribution in [0, 0.1) is 11.8 Å². The topological polar surface area (TPSA) is 55.8 Å². The smallest absolute Gasteiger partial charge is 0.191 e. The minimum atomic E-state index is 0. The largest absolute Gasteiger partial charge is 0.357 e. The van der Waals surface area contributed by atoms with Gasteiger partial charge in [-0.05, 0) is 69.2 Å². The number of anilines is 1. The molecule has 3 rings (SSSR count). The number of aliphatic imine (C=N–C) groups is 1. The van der Waals surface area contributed by atoms with E-state index in [1.54, 1.807) is 0 Å². The van der Waals surface area contributed by atoms with Gasteiger partial charge >= 0.3 is 0 Å². The van der Waals surface area contributed by atoms with E-state index < -0.39 is 0 Å². The molecule has 1 aliphatic carbocycles. The van der Waals surface area contributed by atoms with Crippen LogP contribution in [0.5, 0.6) is 0 Å². The van der Waals surface area contributed by atoms with Crippen LogP contribution >= 0.6 is 24.0 Å². The van der Waals surface area contributed by atoms with Gasteiger partial charge in [0.2, 0.25) is 0 Å². The van der Waals surface area contributed by atoms with E-state index >= 15 is 0 Å². The van der Waals surface area contributed by atoms with Gasteiger partial charge in [-0.25, -0.2) is 9.98 Å². The minimum Gasteiger partial charge on any atom is -0.357 e. The van der Waals surface area contributed by atoms with Crippen LogP contribution < -0.4 is 15.5 Å². The van der Waals surface area contributed by atoms with Crippen LogP contribution in [0.3, 0.4) is 0 Å². The van der Waals surface area contributed by atoms with Crippen LogP contribution in [-0.2, 0) is 6.54 Å². The highest BCUT2D eigenvalue weighted by Gasteiger charge is 2.23. The third kappa shape index (κ3) is 7.55. The Morgan fingerprint density at radius 1 is 1.17 bits per heavy atom. The Morgan fingerprint density at radius 3 is 2.50 bits per heavy atom. The molecule has 7 heteroatoms. The second kappa shape index (κ2) is 12.7. The first kappa shape index (κ1) is 25.2. The Bertz CT molecular complexity index is 649. The van der Waals surface area contributed by atoms with Gasteiger partial charge in [0.15, 0.2) is 5.96 Å². The maximum Gasteiger partial charge on any atom is 0.191 e. The number of nitrogens with zero attached hydrogens (tertiary/aromatic N) is 4. The molecule has 2 fully saturated rings. The summed E-state index contributed by atoms with van der Waals surface area (Å²) in [5, 5.41) is 7.10. The van der Waals surface area contributed by atoms with Gasteiger partial charge in [0, 0.05) is 45.0 Å². The second-order valence-corrected chi connectivity index (χ2v) is 9.01. The molecule has 170 valence electrons. The van der Waals surface area contributed by atoms with Gasteiger partial charge in [-0.2, -0.15) is 0 Å². The van der Waals surface area contributed by atoms with Crippen LogP contribution in [0.1, 0.15) is 52.0 Å². The molecule has 1 aliphatic heterocycles. The Labute approximate surface area is 200 Å². The molecule has 6 nitrogen and oxygen atoms in total. The summed E-state index contributed by atoms with van der Waals surface area (Å²) in [7, 11) is 2.18. The van der Waals surface area contributed by atoms with E-state index in [-0.39, 0.29) is 24.0 Å². The molecule has 0 aromatic carbocycles. The van der Waals surface area contributed by atoms with Crippen molar-refractivity contribution in [3.05, 3.63) is 23.9 Å². The lowest BCUT2D eigenvalue weighted by atomic mass is 9.80. The number of hydrogen-bond acceptors (Lipinski definition) is 4. The first-order valence-corrected chi connectivity index (χ1v) is 11.5. The van der Waals surface area contributed by atoms with Gasteiger partial charge in [-0.1, -0.05) is 13.8 Å². The van der Waals surface area contributed by atoms with Crippen molar-refractivity contribution < 1.29 is 0 Å². The molecule has 2 N–H and O–H groups in total. The summed E-state index contributed by atoms with van der Waals surface area (Å²) in [5.41, 5.74) is 1.22. The molecule has 2 heterocycles. The Kier molecular flexibility index (Phi) is 10.6. The minimum absolute atomic E-state index is 0. The summed E-state index contributed by atoms with van der Waals surface area (Å²) in [6.07, 6.45) is 7.07. The van der Waals surface area contributed by atoms with E-state index in [4.69, 9.17) is 4.99 Å². The van der Waals surface area contributed by atoms with E-state index in [2.05, 4.69) is 65.4 Å². The zero-order chi connectivity index (χ0) is 20.6. The predicted molar refractivity (Wildman–Crippen MR) is 138 cm³/mol. The van der Waals surface area contributed by atoms with Gasteiger partial charge in [0.05, 0.1) is 6.54 Å². The number of aromatic nitrogens is 1. The molecule has 1 aromatic heterocycles. The van der Waals surface area contributed by atoms with Crippen LogP contribution in [0.25, 0.3) is 0 Å². The molecule has 0 atom stereocenters. The van der Waals surface area contributed by atoms with Crippen molar-refractivity contribution in [1.82, 2.24) is 20.5 Å². The normalized spacial score (nSPS) is 23.2. The van der Waals surface area contributed by atoms with E-state index in [0.29, 0.717) is 12.6 Å². The van der Waals surface area contributed by atoms with Crippen LogP contribution in [-0.4, -0.2) is 61.7 Å². The average molecular weight is 529 g/mol. The van der Waals surface area contributed by atoms with Crippen molar-refractivity contribution in [2.24, 2.45) is 16.8 Å². The molecular weight excluding hydrogens is 487 g/mol. The monoisotopic (exact) mass is 528 g/mol. The van der Waals surface area contributed by atoms with Crippen molar-refractivity contribution in [3.63, 3.8) is 0 Å². The molecule has 0 unspecified atom stereocenters. The fourth-order valence-corrected chi connectivity index (χ4v) is 4.38. The number of halogens is 1. The summed E-state index contributed by atoms with van der Waals surface area (Å²) < 4.78 is 0. The SMILES string of the molecule is CCNC(=NCc1ccnc(N2CCN(C)CC2)c1)NC1CCC(C(C)C)CC1.I. The zero-order valence-corrected chi connectivity index (χ0v) is 21.6. The predicted octanol–water partition coefficient (Wildman–Crippen LogP) is 3.72. The lowest BCUT2D eigenvalue weighted by Gasteiger charge is -2.33. The number of piperazine rings is 1. The van der Waals surface area contributed by atoms with E-state index in [9.17, 15) is 0 Å². The molecule has 1 saturated carbocycles. The zero-order valence-electron chi connectivity index (χ0n) is 19.2. The molecule has 2 aliphatic rings. The summed E-state index contributed by atoms with van der Waals surface area (Å²) >= 11 is 0. The van der Waals surface area contributed by atoms with Crippen LogP contribution in [0.4, 0.5) is 5.82 Å². The maximum atomic E-state index is 4.87. The molecule has 30 heavy (non-hydrogen) atoms. The van der Waals surface area contributed by atoms with E-state index in [0.717, 1.165) is 56.3 Å². The highest BCUT2D eigenvalue weighted by molar-refractivity contribution is 14.0. The van der Waals surface area contributed by atoms with Crippen LogP contribution in [0.2, 0.25) is 0 Å². The van der Waals surface area contributed by atoms with Crippen molar-refractivity contribution in [2.75, 3.05) is 44.7 Å². The number of nitrogens with one attached hydrogen (secondary N) is 2. The highest BCUT2D eigenvalue weighted by atomic mass is 127. The molecule has 0 radical (unpaired) electrons. The first-order valence-electron chi connectivity index (χ1n) is 11.5. The Balaban J connectivity index is 0.00000320. The summed E-state index contributed by atoms with van der Waals surface area (Å²) in [4.78, 5) is 14.2. The molecule has 0 spiro atoms. The second-order valence-electron chi connectivity index (χ2n) is 9.01. The third-order valence-electron chi connectivity index (χ3n) is 6.46. The Morgan fingerprint density at radius 2 is 1.87 bits per heavy atom. The van der Waals surface area contributed by atoms with Crippen molar-refractivity contribution in [3.8, 4) is 0 Å². The number of likely N-dealkylation sites (N-methyl/N-ethyl adjacent to an activating group) is 1. The first-order chi connectivity index (χ1) is 14.0. The Hall–Kier alpha value is -1.09. The fraction of sp³-hybridized carbons (Fsp3) is 0.739. The number of guanidine groups is 1. The maximum absolute atomic E-state index is 4.87. The van der Waals surface area contributed by atoms with Gasteiger partial charge in [-0.3, -0.25) is 0 Å². The molecule has 1 saturated heterocycles. The van der Waals surface area contributed by atoms with Crippen molar-refractivity contribution in [1.29, 1.82) is 0 Å². The molecular formula is C23H41IN6. The van der Waals surface area contributed by atoms with Crippen molar-refractivity contribution >= 4 is 35.8 Å². The summed E-state index contributed by atoms with van der Waals surface area (Å²) in [6.45, 7) is 12.7. The molecule has 0 bridgehead atoms. The lowest BCUT2D eigenvalue weighted by molar-refractivity contribution is 0.250. The van der Waals surface area contributed by atoms with Crippen LogP contribution in [0.15, 0.2) is 23.3 Å². The summed E-state index contributed by atoms with van der Waals surface area (Å²) in [6, 6.07) is 4.83. The van der Waals surface area contributed by atoms with Crippen molar-refractivity contribution in [2.45, 2.75) is 59.0 Å². The van der Waals surface area contributed by atoms with Gasteiger partial charge in [0.25, 0.3) is 0 Å². The van der Waals surface area contributed by atoms with Gasteiger partial charge in [0.1, 0.15) is 5.82 Å². The van der Waals surface area contributed by atoms with E-state index in [1.165, 1.54) is 31.2 Å². The fourth-order valence-electron chi connectivity index (χ4n) is 4.38. The highest BCUT2D eigenvalue weighted by Crippen LogP contribution is 2.29. The van der Waals surface area contributed by atoms with Gasteiger partial charge < -0.3 is 20.4 Å².